The Morgan fingerprint density at radius 2 is 1.83 bits per heavy atom. The number of nitrogens with two attached hydrogens (primary N) is 1. The van der Waals surface area contributed by atoms with Crippen LogP contribution in [0, 0.1) is 6.92 Å². The molecule has 1 amide bonds. The Hall–Kier alpha value is -2.61. The van der Waals surface area contributed by atoms with Crippen molar-refractivity contribution in [2.45, 2.75) is 26.3 Å². The summed E-state index contributed by atoms with van der Waals surface area (Å²) in [6, 6.07) is 13.6. The summed E-state index contributed by atoms with van der Waals surface area (Å²) in [6.07, 6.45) is 2.34. The van der Waals surface area contributed by atoms with Crippen molar-refractivity contribution < 1.29 is 4.79 Å². The number of nitrogens with one attached hydrogen (secondary N) is 2. The predicted molar refractivity (Wildman–Crippen MR) is 125 cm³/mol. The van der Waals surface area contributed by atoms with E-state index >= 15 is 0 Å². The molecule has 0 atom stereocenters. The fourth-order valence-corrected chi connectivity index (χ4v) is 3.48. The van der Waals surface area contributed by atoms with E-state index in [1.54, 1.807) is 0 Å². The van der Waals surface area contributed by atoms with Crippen LogP contribution < -0.4 is 16.0 Å². The molecule has 1 aromatic heterocycles. The number of aromatic amines is 1. The van der Waals surface area contributed by atoms with E-state index in [4.69, 9.17) is 5.73 Å². The number of carbonyl (C=O) groups is 1. The first-order valence-electron chi connectivity index (χ1n) is 9.53. The molecule has 4 rings (SSSR count). The van der Waals surface area contributed by atoms with Crippen molar-refractivity contribution in [3.05, 3.63) is 59.4 Å². The number of nitrogens with zero attached hydrogens (tertiary/aromatic N) is 3. The normalized spacial score (nSPS) is 12.8. The molecular formula is C21H26Cl2N6O. The minimum absolute atomic E-state index is 0. The number of benzene rings is 2. The molecule has 0 saturated carbocycles. The third kappa shape index (κ3) is 5.11. The number of hydrogen-bond acceptors (Lipinski definition) is 5. The van der Waals surface area contributed by atoms with Crippen molar-refractivity contribution in [1.29, 1.82) is 0 Å². The third-order valence-corrected chi connectivity index (χ3v) is 4.97. The molecule has 2 heterocycles. The van der Waals surface area contributed by atoms with Crippen LogP contribution in [0.3, 0.4) is 0 Å². The molecular weight excluding hydrogens is 423 g/mol. The zero-order valence-electron chi connectivity index (χ0n) is 16.7. The quantitative estimate of drug-likeness (QED) is 0.548. The first kappa shape index (κ1) is 23.7. The molecule has 0 bridgehead atoms. The molecule has 9 heteroatoms. The minimum Gasteiger partial charge on any atom is -0.371 e. The predicted octanol–water partition coefficient (Wildman–Crippen LogP) is 3.93. The molecule has 0 radical (unpaired) electrons. The highest BCUT2D eigenvalue weighted by atomic mass is 35.5. The van der Waals surface area contributed by atoms with Crippen molar-refractivity contribution in [3.63, 3.8) is 0 Å². The maximum Gasteiger partial charge on any atom is 0.257 e. The lowest BCUT2D eigenvalue weighted by Gasteiger charge is -2.21. The number of carbonyl (C=O) groups excluding carboxylic acids is 1. The second kappa shape index (κ2) is 10.4. The lowest BCUT2D eigenvalue weighted by atomic mass is 10.1. The van der Waals surface area contributed by atoms with Gasteiger partial charge in [-0.15, -0.1) is 24.8 Å². The van der Waals surface area contributed by atoms with Gasteiger partial charge in [0, 0.05) is 30.0 Å². The lowest BCUT2D eigenvalue weighted by Crippen LogP contribution is -2.23. The van der Waals surface area contributed by atoms with Crippen LogP contribution in [0.4, 0.5) is 11.4 Å². The van der Waals surface area contributed by atoms with E-state index in [9.17, 15) is 4.79 Å². The summed E-state index contributed by atoms with van der Waals surface area (Å²) in [5.74, 6) is 1.14. The van der Waals surface area contributed by atoms with Gasteiger partial charge in [0.15, 0.2) is 5.82 Å². The maximum absolute atomic E-state index is 13.0. The first-order chi connectivity index (χ1) is 13.6. The van der Waals surface area contributed by atoms with Crippen molar-refractivity contribution in [2.24, 2.45) is 5.73 Å². The Morgan fingerprint density at radius 1 is 1.13 bits per heavy atom. The Kier molecular flexibility index (Phi) is 8.23. The number of hydrogen-bond donors (Lipinski definition) is 3. The van der Waals surface area contributed by atoms with Crippen molar-refractivity contribution >= 4 is 42.1 Å². The highest BCUT2D eigenvalue weighted by Gasteiger charge is 2.20. The molecule has 1 saturated heterocycles. The van der Waals surface area contributed by atoms with Gasteiger partial charge in [-0.05, 0) is 56.2 Å². The Bertz CT molecular complexity index is 983. The number of aromatic nitrogens is 3. The summed E-state index contributed by atoms with van der Waals surface area (Å²) < 4.78 is 0. The molecule has 3 aromatic rings. The Labute approximate surface area is 188 Å². The van der Waals surface area contributed by atoms with E-state index in [1.165, 1.54) is 12.8 Å². The van der Waals surface area contributed by atoms with Gasteiger partial charge in [0.2, 0.25) is 0 Å². The fraction of sp³-hybridized carbons (Fsp3) is 0.286. The first-order valence-corrected chi connectivity index (χ1v) is 9.53. The maximum atomic E-state index is 13.0. The molecule has 1 fully saturated rings. The van der Waals surface area contributed by atoms with Gasteiger partial charge in [0.25, 0.3) is 5.91 Å². The van der Waals surface area contributed by atoms with Crippen LogP contribution in [-0.4, -0.2) is 34.2 Å². The van der Waals surface area contributed by atoms with E-state index in [0.29, 0.717) is 23.8 Å². The van der Waals surface area contributed by atoms with Gasteiger partial charge in [-0.2, -0.15) is 5.10 Å². The smallest absolute Gasteiger partial charge is 0.257 e. The van der Waals surface area contributed by atoms with E-state index in [0.717, 1.165) is 35.6 Å². The standard InChI is InChI=1S/C21H24N6O.2ClH/c1-14-4-9-18(27-10-2-3-11-27)17(12-14)21(28)23-16-7-5-15(6-8-16)20-24-19(13-22)25-26-20;;/h4-9,12H,2-3,10-11,13,22H2,1H3,(H,23,28)(H,24,25,26);2*1H. The molecule has 0 spiro atoms. The van der Waals surface area contributed by atoms with Crippen LogP contribution in [-0.2, 0) is 6.54 Å². The highest BCUT2D eigenvalue weighted by Crippen LogP contribution is 2.27. The Morgan fingerprint density at radius 3 is 2.47 bits per heavy atom. The molecule has 30 heavy (non-hydrogen) atoms. The zero-order chi connectivity index (χ0) is 19.5. The van der Waals surface area contributed by atoms with Gasteiger partial charge < -0.3 is 16.0 Å². The van der Waals surface area contributed by atoms with Crippen molar-refractivity contribution in [3.8, 4) is 11.4 Å². The van der Waals surface area contributed by atoms with Crippen LogP contribution in [0.5, 0.6) is 0 Å². The van der Waals surface area contributed by atoms with E-state index < -0.39 is 0 Å². The average molecular weight is 449 g/mol. The summed E-state index contributed by atoms with van der Waals surface area (Å²) in [5.41, 5.74) is 9.95. The van der Waals surface area contributed by atoms with Crippen LogP contribution in [0.25, 0.3) is 11.4 Å². The van der Waals surface area contributed by atoms with E-state index in [-0.39, 0.29) is 30.7 Å². The van der Waals surface area contributed by atoms with Crippen molar-refractivity contribution in [2.75, 3.05) is 23.3 Å². The SMILES string of the molecule is Cc1ccc(N2CCCC2)c(C(=O)Nc2ccc(-c3n[nH]c(CN)n3)cc2)c1.Cl.Cl. The lowest BCUT2D eigenvalue weighted by molar-refractivity contribution is 0.102. The van der Waals surface area contributed by atoms with Gasteiger partial charge in [-0.1, -0.05) is 11.6 Å². The van der Waals surface area contributed by atoms with Gasteiger partial charge in [0.05, 0.1) is 12.1 Å². The monoisotopic (exact) mass is 448 g/mol. The largest absolute Gasteiger partial charge is 0.371 e. The summed E-state index contributed by atoms with van der Waals surface area (Å²) >= 11 is 0. The number of aryl methyl sites for hydroxylation is 1. The summed E-state index contributed by atoms with van der Waals surface area (Å²) in [5, 5.41) is 9.96. The molecule has 0 aliphatic carbocycles. The van der Waals surface area contributed by atoms with Crippen molar-refractivity contribution in [1.82, 2.24) is 15.2 Å². The molecule has 0 unspecified atom stereocenters. The number of amides is 1. The molecule has 7 nitrogen and oxygen atoms in total. The highest BCUT2D eigenvalue weighted by molar-refractivity contribution is 6.08. The van der Waals surface area contributed by atoms with Crippen LogP contribution in [0.1, 0.15) is 34.6 Å². The van der Waals surface area contributed by atoms with Crippen LogP contribution >= 0.6 is 24.8 Å². The molecule has 1 aliphatic rings. The Balaban J connectivity index is 0.00000160. The second-order valence-electron chi connectivity index (χ2n) is 7.06. The van der Waals surface area contributed by atoms with Crippen LogP contribution in [0.2, 0.25) is 0 Å². The minimum atomic E-state index is -0.0957. The topological polar surface area (TPSA) is 99.9 Å². The molecule has 160 valence electrons. The van der Waals surface area contributed by atoms with Gasteiger partial charge in [-0.3, -0.25) is 9.89 Å². The number of halogens is 2. The van der Waals surface area contributed by atoms with Crippen LogP contribution in [0.15, 0.2) is 42.5 Å². The summed E-state index contributed by atoms with van der Waals surface area (Å²) in [6.45, 7) is 4.32. The number of anilines is 2. The van der Waals surface area contributed by atoms with E-state index in [2.05, 4.69) is 37.5 Å². The van der Waals surface area contributed by atoms with E-state index in [1.807, 2.05) is 37.3 Å². The van der Waals surface area contributed by atoms with Gasteiger partial charge in [0.1, 0.15) is 5.82 Å². The van der Waals surface area contributed by atoms with Gasteiger partial charge >= 0.3 is 0 Å². The van der Waals surface area contributed by atoms with Gasteiger partial charge in [-0.25, -0.2) is 4.98 Å². The third-order valence-electron chi connectivity index (χ3n) is 4.97. The molecule has 2 aromatic carbocycles. The zero-order valence-corrected chi connectivity index (χ0v) is 18.4. The average Bonchev–Trinajstić information content (AvgIpc) is 3.40. The molecule has 4 N–H and O–H groups in total. The summed E-state index contributed by atoms with van der Waals surface area (Å²) in [7, 11) is 0. The second-order valence-corrected chi connectivity index (χ2v) is 7.06. The molecule has 1 aliphatic heterocycles. The summed E-state index contributed by atoms with van der Waals surface area (Å²) in [4.78, 5) is 19.6. The number of rotatable bonds is 5. The fourth-order valence-electron chi connectivity index (χ4n) is 3.48. The number of H-pyrrole nitrogens is 1.